The van der Waals surface area contributed by atoms with Gasteiger partial charge >= 0.3 is 13.3 Å². The molecule has 0 fully saturated rings. The smallest absolute Gasteiger partial charge is 0.320 e. The van der Waals surface area contributed by atoms with Crippen molar-refractivity contribution in [3.05, 3.63) is 63.6 Å². The molecule has 11 heteroatoms. The Labute approximate surface area is 198 Å². The third-order valence-electron chi connectivity index (χ3n) is 4.58. The fourth-order valence-corrected chi connectivity index (χ4v) is 4.84. The SMILES string of the molecule is C.CC(C)(C)c1ccc(-c2nc(SCc3ccc(C(F)(F)P(=O)(O)O)c(Br)c3)n[nH]2)cc1. The van der Waals surface area contributed by atoms with Gasteiger partial charge in [-0.05, 0) is 22.6 Å². The second kappa shape index (κ2) is 9.73. The standard InChI is InChI=1S/C20H21BrF2N3O3PS.CH4/c1-19(2,3)14-7-5-13(6-8-14)17-24-18(26-25-17)31-11-12-4-9-15(16(21)10-12)20(22,23)30(27,28)29;/h4-10H,11H2,1-3H3,(H,24,25,26)(H2,27,28,29);1H4. The van der Waals surface area contributed by atoms with Gasteiger partial charge in [0.15, 0.2) is 5.82 Å². The van der Waals surface area contributed by atoms with Gasteiger partial charge in [0.1, 0.15) is 0 Å². The van der Waals surface area contributed by atoms with Gasteiger partial charge < -0.3 is 9.79 Å². The van der Waals surface area contributed by atoms with Crippen LogP contribution in [0, 0.1) is 0 Å². The van der Waals surface area contributed by atoms with Crippen molar-refractivity contribution < 1.29 is 23.1 Å². The predicted molar refractivity (Wildman–Crippen MR) is 127 cm³/mol. The lowest BCUT2D eigenvalue weighted by atomic mass is 9.87. The molecule has 1 aromatic heterocycles. The van der Waals surface area contributed by atoms with E-state index in [4.69, 9.17) is 9.79 Å². The number of nitrogens with zero attached hydrogens (tertiary/aromatic N) is 2. The van der Waals surface area contributed by atoms with Crippen LogP contribution in [0.1, 0.15) is 44.9 Å². The summed E-state index contributed by atoms with van der Waals surface area (Å²) >= 11 is 4.29. The summed E-state index contributed by atoms with van der Waals surface area (Å²) in [6, 6.07) is 11.9. The fraction of sp³-hybridized carbons (Fsp3) is 0.333. The molecule has 0 amide bonds. The summed E-state index contributed by atoms with van der Waals surface area (Å²) in [4.78, 5) is 22.3. The van der Waals surface area contributed by atoms with E-state index in [1.165, 1.54) is 29.5 Å². The zero-order chi connectivity index (χ0) is 23.0. The molecule has 1 heterocycles. The molecule has 0 aliphatic rings. The number of rotatable bonds is 6. The topological polar surface area (TPSA) is 99.1 Å². The molecule has 3 N–H and O–H groups in total. The van der Waals surface area contributed by atoms with E-state index in [1.54, 1.807) is 0 Å². The summed E-state index contributed by atoms with van der Waals surface area (Å²) in [5, 5.41) is 7.58. The van der Waals surface area contributed by atoms with Crippen LogP contribution in [0.2, 0.25) is 0 Å². The molecule has 174 valence electrons. The van der Waals surface area contributed by atoms with Crippen LogP contribution >= 0.6 is 35.3 Å². The van der Waals surface area contributed by atoms with E-state index in [9.17, 15) is 13.3 Å². The van der Waals surface area contributed by atoms with E-state index >= 15 is 0 Å². The second-order valence-corrected chi connectivity index (χ2v) is 11.4. The molecule has 0 radical (unpaired) electrons. The molecule has 2 aromatic carbocycles. The van der Waals surface area contributed by atoms with Gasteiger partial charge in [-0.2, -0.15) is 8.78 Å². The van der Waals surface area contributed by atoms with Crippen LogP contribution in [0.5, 0.6) is 0 Å². The minimum Gasteiger partial charge on any atom is -0.320 e. The van der Waals surface area contributed by atoms with E-state index in [2.05, 4.69) is 64.0 Å². The van der Waals surface area contributed by atoms with Crippen LogP contribution in [-0.2, 0) is 21.4 Å². The van der Waals surface area contributed by atoms with Crippen LogP contribution in [0.3, 0.4) is 0 Å². The zero-order valence-corrected chi connectivity index (χ0v) is 20.2. The van der Waals surface area contributed by atoms with Gasteiger partial charge in [-0.3, -0.25) is 9.66 Å². The molecule has 0 saturated heterocycles. The van der Waals surface area contributed by atoms with Crippen molar-refractivity contribution in [1.29, 1.82) is 0 Å². The van der Waals surface area contributed by atoms with Crippen molar-refractivity contribution in [3.63, 3.8) is 0 Å². The van der Waals surface area contributed by atoms with E-state index in [0.29, 0.717) is 22.3 Å². The van der Waals surface area contributed by atoms with Gasteiger partial charge in [-0.15, -0.1) is 5.10 Å². The van der Waals surface area contributed by atoms with Gasteiger partial charge in [0.25, 0.3) is 0 Å². The summed E-state index contributed by atoms with van der Waals surface area (Å²) in [7, 11) is -5.63. The number of hydrogen-bond donors (Lipinski definition) is 3. The van der Waals surface area contributed by atoms with Gasteiger partial charge in [-0.25, -0.2) is 4.98 Å². The number of benzene rings is 2. The quantitative estimate of drug-likeness (QED) is 0.235. The molecular weight excluding hydrogens is 523 g/mol. The first-order valence-electron chi connectivity index (χ1n) is 9.17. The van der Waals surface area contributed by atoms with Crippen LogP contribution < -0.4 is 0 Å². The highest BCUT2D eigenvalue weighted by Crippen LogP contribution is 2.60. The van der Waals surface area contributed by atoms with Crippen molar-refractivity contribution in [1.82, 2.24) is 15.2 Å². The molecule has 0 unspecified atom stereocenters. The third-order valence-corrected chi connectivity index (χ3v) is 7.13. The van der Waals surface area contributed by atoms with Crippen molar-refractivity contribution in [2.45, 2.75) is 50.2 Å². The molecule has 6 nitrogen and oxygen atoms in total. The Balaban J connectivity index is 0.00000363. The lowest BCUT2D eigenvalue weighted by Crippen LogP contribution is -2.14. The van der Waals surface area contributed by atoms with Crippen molar-refractivity contribution in [2.75, 3.05) is 0 Å². The molecule has 0 saturated carbocycles. The Morgan fingerprint density at radius 2 is 1.75 bits per heavy atom. The third kappa shape index (κ3) is 5.85. The van der Waals surface area contributed by atoms with E-state index in [-0.39, 0.29) is 17.3 Å². The van der Waals surface area contributed by atoms with Gasteiger partial charge in [-0.1, -0.05) is 92.3 Å². The maximum atomic E-state index is 13.9. The lowest BCUT2D eigenvalue weighted by Gasteiger charge is -2.19. The number of halogens is 3. The molecule has 0 aliphatic heterocycles. The summed E-state index contributed by atoms with van der Waals surface area (Å²) in [6.45, 7) is 6.43. The van der Waals surface area contributed by atoms with Crippen LogP contribution in [0.25, 0.3) is 11.4 Å². The molecule has 0 spiro atoms. The van der Waals surface area contributed by atoms with Gasteiger partial charge in [0.05, 0.1) is 0 Å². The highest BCUT2D eigenvalue weighted by Gasteiger charge is 2.51. The Morgan fingerprint density at radius 3 is 2.28 bits per heavy atom. The number of hydrogen-bond acceptors (Lipinski definition) is 4. The Bertz CT molecular complexity index is 1130. The van der Waals surface area contributed by atoms with Crippen molar-refractivity contribution in [2.24, 2.45) is 0 Å². The van der Waals surface area contributed by atoms with Crippen molar-refractivity contribution >= 4 is 35.3 Å². The van der Waals surface area contributed by atoms with E-state index in [0.717, 1.165) is 11.6 Å². The van der Waals surface area contributed by atoms with Crippen molar-refractivity contribution in [3.8, 4) is 11.4 Å². The first kappa shape index (κ1) is 26.7. The van der Waals surface area contributed by atoms with E-state index < -0.39 is 18.8 Å². The number of aromatic nitrogens is 3. The zero-order valence-electron chi connectivity index (χ0n) is 16.9. The highest BCUT2D eigenvalue weighted by molar-refractivity contribution is 9.10. The molecule has 0 atom stereocenters. The van der Waals surface area contributed by atoms with Crippen LogP contribution in [0.15, 0.2) is 52.1 Å². The van der Waals surface area contributed by atoms with E-state index in [1.807, 2.05) is 12.1 Å². The van der Waals surface area contributed by atoms with Gasteiger partial charge in [0, 0.05) is 21.4 Å². The minimum atomic E-state index is -5.63. The second-order valence-electron chi connectivity index (χ2n) is 7.98. The monoisotopic (exact) mass is 547 g/mol. The molecule has 0 aliphatic carbocycles. The normalized spacial score (nSPS) is 12.5. The molecule has 3 rings (SSSR count). The highest BCUT2D eigenvalue weighted by atomic mass is 79.9. The average Bonchev–Trinajstić information content (AvgIpc) is 3.14. The lowest BCUT2D eigenvalue weighted by molar-refractivity contribution is 0.0557. The number of thioether (sulfide) groups is 1. The Kier molecular flexibility index (Phi) is 8.11. The molecule has 0 bridgehead atoms. The summed E-state index contributed by atoms with van der Waals surface area (Å²) in [6.07, 6.45) is 0. The summed E-state index contributed by atoms with van der Waals surface area (Å²) in [5.41, 5.74) is -2.18. The minimum absolute atomic E-state index is 0. The Hall–Kier alpha value is -1.58. The summed E-state index contributed by atoms with van der Waals surface area (Å²) in [5.74, 6) is 1.02. The first-order chi connectivity index (χ1) is 14.3. The summed E-state index contributed by atoms with van der Waals surface area (Å²) < 4.78 is 38.9. The number of alkyl halides is 2. The van der Waals surface area contributed by atoms with Crippen LogP contribution in [0.4, 0.5) is 8.78 Å². The average molecular weight is 548 g/mol. The maximum Gasteiger partial charge on any atom is 0.399 e. The van der Waals surface area contributed by atoms with Crippen LogP contribution in [-0.4, -0.2) is 25.0 Å². The largest absolute Gasteiger partial charge is 0.399 e. The Morgan fingerprint density at radius 1 is 1.12 bits per heavy atom. The number of nitrogens with one attached hydrogen (secondary N) is 1. The first-order valence-corrected chi connectivity index (χ1v) is 12.6. The number of aromatic amines is 1. The maximum absolute atomic E-state index is 13.9. The molecule has 3 aromatic rings. The molecular formula is C21H25BrF2N3O3PS. The van der Waals surface area contributed by atoms with Gasteiger partial charge in [0.2, 0.25) is 5.16 Å². The predicted octanol–water partition coefficient (Wildman–Crippen LogP) is 6.69. The number of H-pyrrole nitrogens is 1. The molecule has 32 heavy (non-hydrogen) atoms. The fourth-order valence-electron chi connectivity index (χ4n) is 2.77.